The van der Waals surface area contributed by atoms with Crippen LogP contribution in [0.15, 0.2) is 71.6 Å². The van der Waals surface area contributed by atoms with Gasteiger partial charge in [-0.15, -0.1) is 0 Å². The Kier molecular flexibility index (Phi) is 10.2. The Bertz CT molecular complexity index is 1400. The normalized spacial score (nSPS) is 12.1. The predicted octanol–water partition coefficient (Wildman–Crippen LogP) is 5.40. The van der Waals surface area contributed by atoms with E-state index in [1.165, 1.54) is 17.0 Å². The smallest absolute Gasteiger partial charge is 0.264 e. The van der Waals surface area contributed by atoms with Crippen LogP contribution in [0, 0.1) is 20.8 Å². The summed E-state index contributed by atoms with van der Waals surface area (Å²) in [4.78, 5) is 28.6. The first-order chi connectivity index (χ1) is 18.5. The van der Waals surface area contributed by atoms with E-state index in [4.69, 9.17) is 11.6 Å². The molecule has 3 aromatic carbocycles. The second-order valence-corrected chi connectivity index (χ2v) is 11.9. The maximum atomic E-state index is 14.1. The van der Waals surface area contributed by atoms with Gasteiger partial charge < -0.3 is 10.2 Å². The Labute approximate surface area is 236 Å². The van der Waals surface area contributed by atoms with E-state index >= 15 is 0 Å². The molecule has 3 aromatic rings. The summed E-state index contributed by atoms with van der Waals surface area (Å²) in [6.07, 6.45) is 0.344. The van der Waals surface area contributed by atoms with Crippen LogP contribution in [0.25, 0.3) is 0 Å². The van der Waals surface area contributed by atoms with Crippen molar-refractivity contribution in [2.75, 3.05) is 17.4 Å². The first kappa shape index (κ1) is 30.2. The lowest BCUT2D eigenvalue weighted by Crippen LogP contribution is -2.52. The van der Waals surface area contributed by atoms with Crippen molar-refractivity contribution < 1.29 is 18.0 Å². The highest BCUT2D eigenvalue weighted by molar-refractivity contribution is 7.92. The molecule has 2 amide bonds. The van der Waals surface area contributed by atoms with Crippen LogP contribution in [-0.2, 0) is 26.2 Å². The molecule has 208 valence electrons. The first-order valence-electron chi connectivity index (χ1n) is 13.0. The Morgan fingerprint density at radius 3 is 2.08 bits per heavy atom. The van der Waals surface area contributed by atoms with Crippen molar-refractivity contribution in [2.24, 2.45) is 0 Å². The van der Waals surface area contributed by atoms with Gasteiger partial charge in [0.25, 0.3) is 10.0 Å². The van der Waals surface area contributed by atoms with Crippen molar-refractivity contribution in [3.63, 3.8) is 0 Å². The summed E-state index contributed by atoms with van der Waals surface area (Å²) in [5, 5.41) is 3.25. The van der Waals surface area contributed by atoms with Crippen LogP contribution < -0.4 is 9.62 Å². The molecule has 0 aromatic heterocycles. The zero-order chi connectivity index (χ0) is 28.7. The number of rotatable bonds is 11. The van der Waals surface area contributed by atoms with Gasteiger partial charge in [-0.3, -0.25) is 13.9 Å². The molecule has 0 aliphatic rings. The maximum absolute atomic E-state index is 14.1. The quantitative estimate of drug-likeness (QED) is 0.335. The molecule has 0 aliphatic heterocycles. The van der Waals surface area contributed by atoms with E-state index in [1.54, 1.807) is 55.5 Å². The van der Waals surface area contributed by atoms with Crippen LogP contribution in [-0.4, -0.2) is 44.3 Å². The summed E-state index contributed by atoms with van der Waals surface area (Å²) in [5.41, 5.74) is 3.69. The highest BCUT2D eigenvalue weighted by atomic mass is 35.5. The third-order valence-electron chi connectivity index (χ3n) is 6.42. The molecule has 0 radical (unpaired) electrons. The van der Waals surface area contributed by atoms with Gasteiger partial charge in [-0.25, -0.2) is 8.42 Å². The Balaban J connectivity index is 2.11. The molecule has 0 unspecified atom stereocenters. The molecule has 0 spiro atoms. The number of likely N-dealkylation sites (N-methyl/N-ethyl adjacent to an activating group) is 1. The minimum Gasteiger partial charge on any atom is -0.355 e. The van der Waals surface area contributed by atoms with Gasteiger partial charge in [0.15, 0.2) is 0 Å². The molecule has 0 saturated carbocycles. The largest absolute Gasteiger partial charge is 0.355 e. The van der Waals surface area contributed by atoms with Crippen molar-refractivity contribution in [3.8, 4) is 0 Å². The number of halogens is 1. The monoisotopic (exact) mass is 569 g/mol. The Hall–Kier alpha value is -3.36. The topological polar surface area (TPSA) is 86.8 Å². The van der Waals surface area contributed by atoms with E-state index in [0.717, 1.165) is 21.0 Å². The maximum Gasteiger partial charge on any atom is 0.264 e. The lowest BCUT2D eigenvalue weighted by atomic mass is 10.1. The number of aryl methyl sites for hydroxylation is 3. The number of anilines is 1. The molecule has 7 nitrogen and oxygen atoms in total. The fourth-order valence-electron chi connectivity index (χ4n) is 4.48. The molecular formula is C30H36ClN3O4S. The van der Waals surface area contributed by atoms with Crippen LogP contribution >= 0.6 is 11.6 Å². The molecule has 0 aliphatic carbocycles. The van der Waals surface area contributed by atoms with Crippen LogP contribution in [0.3, 0.4) is 0 Å². The van der Waals surface area contributed by atoms with Gasteiger partial charge in [0, 0.05) is 18.1 Å². The summed E-state index contributed by atoms with van der Waals surface area (Å²) in [6.45, 7) is 9.22. The van der Waals surface area contributed by atoms with Gasteiger partial charge in [-0.05, 0) is 81.1 Å². The van der Waals surface area contributed by atoms with Crippen LogP contribution in [0.5, 0.6) is 0 Å². The number of nitrogens with zero attached hydrogens (tertiary/aromatic N) is 2. The number of hydrogen-bond acceptors (Lipinski definition) is 4. The van der Waals surface area contributed by atoms with Crippen molar-refractivity contribution in [1.82, 2.24) is 10.2 Å². The average molecular weight is 570 g/mol. The number of nitrogens with one attached hydrogen (secondary N) is 1. The molecule has 0 fully saturated rings. The summed E-state index contributed by atoms with van der Waals surface area (Å²) < 4.78 is 29.1. The summed E-state index contributed by atoms with van der Waals surface area (Å²) >= 11 is 6.42. The molecule has 39 heavy (non-hydrogen) atoms. The van der Waals surface area contributed by atoms with Gasteiger partial charge in [-0.1, -0.05) is 60.5 Å². The molecule has 9 heteroatoms. The van der Waals surface area contributed by atoms with Crippen molar-refractivity contribution in [2.45, 2.75) is 58.5 Å². The van der Waals surface area contributed by atoms with Crippen LogP contribution in [0.1, 0.15) is 42.5 Å². The molecular weight excluding hydrogens is 534 g/mol. The first-order valence-corrected chi connectivity index (χ1v) is 14.8. The number of amides is 2. The van der Waals surface area contributed by atoms with Crippen molar-refractivity contribution >= 4 is 39.1 Å². The third kappa shape index (κ3) is 7.40. The molecule has 1 atom stereocenters. The number of benzene rings is 3. The highest BCUT2D eigenvalue weighted by Gasteiger charge is 2.34. The van der Waals surface area contributed by atoms with Crippen LogP contribution in [0.4, 0.5) is 5.69 Å². The summed E-state index contributed by atoms with van der Waals surface area (Å²) in [6, 6.07) is 18.2. The zero-order valence-electron chi connectivity index (χ0n) is 23.1. The molecule has 0 heterocycles. The molecule has 3 rings (SSSR count). The Morgan fingerprint density at radius 2 is 1.51 bits per heavy atom. The summed E-state index contributed by atoms with van der Waals surface area (Å²) in [5.74, 6) is -0.817. The van der Waals surface area contributed by atoms with E-state index in [9.17, 15) is 18.0 Å². The molecule has 1 N–H and O–H groups in total. The van der Waals surface area contributed by atoms with Gasteiger partial charge in [0.1, 0.15) is 12.6 Å². The minimum absolute atomic E-state index is 0.0550. The van der Waals surface area contributed by atoms with Crippen molar-refractivity contribution in [3.05, 3.63) is 94.0 Å². The van der Waals surface area contributed by atoms with E-state index in [0.29, 0.717) is 29.2 Å². The SMILES string of the molecule is CCNC(=O)[C@@H](CC)N(Cc1ccccc1Cl)C(=O)CN(c1cc(C)cc(C)c1)S(=O)(=O)c1ccc(C)cc1. The zero-order valence-corrected chi connectivity index (χ0v) is 24.6. The van der Waals surface area contributed by atoms with Gasteiger partial charge in [-0.2, -0.15) is 0 Å². The van der Waals surface area contributed by atoms with E-state index < -0.39 is 28.5 Å². The van der Waals surface area contributed by atoms with E-state index in [1.807, 2.05) is 33.8 Å². The van der Waals surface area contributed by atoms with Gasteiger partial charge in [0.2, 0.25) is 11.8 Å². The van der Waals surface area contributed by atoms with Gasteiger partial charge >= 0.3 is 0 Å². The molecule has 0 bridgehead atoms. The number of carbonyl (C=O) groups is 2. The highest BCUT2D eigenvalue weighted by Crippen LogP contribution is 2.27. The fraction of sp³-hybridized carbons (Fsp3) is 0.333. The lowest BCUT2D eigenvalue weighted by Gasteiger charge is -2.33. The van der Waals surface area contributed by atoms with E-state index in [-0.39, 0.29) is 17.3 Å². The third-order valence-corrected chi connectivity index (χ3v) is 8.57. The fourth-order valence-corrected chi connectivity index (χ4v) is 6.08. The van der Waals surface area contributed by atoms with Crippen LogP contribution in [0.2, 0.25) is 5.02 Å². The second kappa shape index (κ2) is 13.1. The summed E-state index contributed by atoms with van der Waals surface area (Å²) in [7, 11) is -4.12. The van der Waals surface area contributed by atoms with E-state index in [2.05, 4.69) is 5.32 Å². The number of carbonyl (C=O) groups excluding carboxylic acids is 2. The standard InChI is InChI=1S/C30H36ClN3O4S/c1-6-28(30(36)32-7-2)33(19-24-10-8-9-11-27(24)31)29(35)20-34(25-17-22(4)16-23(5)18-25)39(37,38)26-14-12-21(3)13-15-26/h8-18,28H,6-7,19-20H2,1-5H3,(H,32,36)/t28-/m1/s1. The molecule has 0 saturated heterocycles. The average Bonchev–Trinajstić information content (AvgIpc) is 2.87. The van der Waals surface area contributed by atoms with Gasteiger partial charge in [0.05, 0.1) is 10.6 Å². The lowest BCUT2D eigenvalue weighted by molar-refractivity contribution is -0.140. The Morgan fingerprint density at radius 1 is 0.897 bits per heavy atom. The number of sulfonamides is 1. The predicted molar refractivity (Wildman–Crippen MR) is 156 cm³/mol. The van der Waals surface area contributed by atoms with Crippen molar-refractivity contribution in [1.29, 1.82) is 0 Å². The minimum atomic E-state index is -4.12. The number of hydrogen-bond donors (Lipinski definition) is 1. The second-order valence-electron chi connectivity index (χ2n) is 9.60.